The van der Waals surface area contributed by atoms with Crippen molar-refractivity contribution in [3.63, 3.8) is 0 Å². The van der Waals surface area contributed by atoms with E-state index >= 15 is 0 Å². The summed E-state index contributed by atoms with van der Waals surface area (Å²) in [6.45, 7) is 3.47. The van der Waals surface area contributed by atoms with Crippen LogP contribution in [0.5, 0.6) is 5.75 Å². The molecule has 2 unspecified atom stereocenters. The lowest BCUT2D eigenvalue weighted by molar-refractivity contribution is 0.0574. The van der Waals surface area contributed by atoms with Crippen LogP contribution < -0.4 is 4.74 Å². The van der Waals surface area contributed by atoms with Gasteiger partial charge in [-0.3, -0.25) is 0 Å². The molecule has 1 aliphatic rings. The number of rotatable bonds is 4. The number of likely N-dealkylation sites (tertiary alicyclic amines) is 1. The Labute approximate surface area is 156 Å². The van der Waals surface area contributed by atoms with Gasteiger partial charge < -0.3 is 14.4 Å². The molecule has 0 spiro atoms. The fourth-order valence-electron chi connectivity index (χ4n) is 3.16. The van der Waals surface area contributed by atoms with Crippen molar-refractivity contribution < 1.29 is 14.3 Å². The highest BCUT2D eigenvalue weighted by Gasteiger charge is 2.34. The number of amides is 1. The summed E-state index contributed by atoms with van der Waals surface area (Å²) in [6, 6.07) is 18.1. The molecular formula is C20H22BrNO3. The van der Waals surface area contributed by atoms with E-state index in [0.717, 1.165) is 16.6 Å². The lowest BCUT2D eigenvalue weighted by Crippen LogP contribution is -2.47. The number of benzene rings is 2. The zero-order chi connectivity index (χ0) is 17.6. The highest BCUT2D eigenvalue weighted by Crippen LogP contribution is 2.31. The third kappa shape index (κ3) is 4.54. The summed E-state index contributed by atoms with van der Waals surface area (Å²) in [5.41, 5.74) is 1.18. The minimum Gasteiger partial charge on any atom is -0.490 e. The molecule has 2 aromatic rings. The molecule has 3 rings (SSSR count). The second kappa shape index (κ2) is 8.39. The first-order chi connectivity index (χ1) is 12.2. The molecule has 0 N–H and O–H groups in total. The van der Waals surface area contributed by atoms with E-state index in [1.54, 1.807) is 4.90 Å². The number of nitrogens with zero attached hydrogens (tertiary/aromatic N) is 1. The molecule has 0 bridgehead atoms. The molecule has 25 heavy (non-hydrogen) atoms. The maximum absolute atomic E-state index is 12.1. The van der Waals surface area contributed by atoms with E-state index in [1.807, 2.05) is 49.4 Å². The summed E-state index contributed by atoms with van der Waals surface area (Å²) in [4.78, 5) is 13.9. The van der Waals surface area contributed by atoms with E-state index in [9.17, 15) is 4.79 Å². The van der Waals surface area contributed by atoms with Crippen LogP contribution in [-0.4, -0.2) is 36.8 Å². The molecule has 0 saturated carbocycles. The molecule has 0 aliphatic carbocycles. The minimum atomic E-state index is -0.245. The Bertz CT molecular complexity index is 690. The van der Waals surface area contributed by atoms with Crippen molar-refractivity contribution in [2.45, 2.75) is 25.4 Å². The second-order valence-electron chi connectivity index (χ2n) is 6.06. The fraction of sp³-hybridized carbons (Fsp3) is 0.350. The molecule has 1 amide bonds. The monoisotopic (exact) mass is 403 g/mol. The van der Waals surface area contributed by atoms with Crippen LogP contribution in [0.3, 0.4) is 0 Å². The number of carbonyl (C=O) groups is 1. The van der Waals surface area contributed by atoms with Crippen LogP contribution in [-0.2, 0) is 4.74 Å². The van der Waals surface area contributed by atoms with Crippen LogP contribution in [0.4, 0.5) is 4.79 Å². The summed E-state index contributed by atoms with van der Waals surface area (Å²) >= 11 is 3.44. The van der Waals surface area contributed by atoms with Crippen molar-refractivity contribution >= 4 is 22.0 Å². The highest BCUT2D eigenvalue weighted by atomic mass is 79.9. The van der Waals surface area contributed by atoms with Gasteiger partial charge in [0, 0.05) is 29.9 Å². The zero-order valence-corrected chi connectivity index (χ0v) is 15.8. The first kappa shape index (κ1) is 17.8. The van der Waals surface area contributed by atoms with Gasteiger partial charge in [0.2, 0.25) is 0 Å². The quantitative estimate of drug-likeness (QED) is 0.732. The van der Waals surface area contributed by atoms with Crippen molar-refractivity contribution in [3.05, 3.63) is 64.6 Å². The van der Waals surface area contributed by atoms with Gasteiger partial charge in [-0.05, 0) is 36.8 Å². The predicted octanol–water partition coefficient (Wildman–Crippen LogP) is 4.84. The van der Waals surface area contributed by atoms with E-state index in [2.05, 4.69) is 28.1 Å². The van der Waals surface area contributed by atoms with E-state index in [4.69, 9.17) is 9.47 Å². The number of hydrogen-bond acceptors (Lipinski definition) is 3. The first-order valence-corrected chi connectivity index (χ1v) is 9.35. The normalized spacial score (nSPS) is 20.2. The minimum absolute atomic E-state index is 0.0225. The summed E-state index contributed by atoms with van der Waals surface area (Å²) in [5.74, 6) is 0.960. The third-order valence-corrected chi connectivity index (χ3v) is 4.93. The number of halogens is 1. The number of carbonyl (C=O) groups excluding carboxylic acids is 1. The molecule has 5 heteroatoms. The first-order valence-electron chi connectivity index (χ1n) is 8.56. The number of ether oxygens (including phenoxy) is 2. The molecule has 4 nitrogen and oxygen atoms in total. The summed E-state index contributed by atoms with van der Waals surface area (Å²) in [6.07, 6.45) is 0.550. The zero-order valence-electron chi connectivity index (χ0n) is 14.2. The van der Waals surface area contributed by atoms with E-state index < -0.39 is 0 Å². The fourth-order valence-corrected chi connectivity index (χ4v) is 3.42. The maximum Gasteiger partial charge on any atom is 0.409 e. The third-order valence-electron chi connectivity index (χ3n) is 4.40. The average molecular weight is 404 g/mol. The summed E-state index contributed by atoms with van der Waals surface area (Å²) in [5, 5.41) is 0. The van der Waals surface area contributed by atoms with Crippen molar-refractivity contribution in [2.24, 2.45) is 0 Å². The Kier molecular flexibility index (Phi) is 5.97. The molecule has 1 aliphatic heterocycles. The van der Waals surface area contributed by atoms with Gasteiger partial charge in [0.25, 0.3) is 0 Å². The van der Waals surface area contributed by atoms with Gasteiger partial charge in [-0.2, -0.15) is 0 Å². The van der Waals surface area contributed by atoms with Gasteiger partial charge >= 0.3 is 6.09 Å². The van der Waals surface area contributed by atoms with Crippen LogP contribution in [0.15, 0.2) is 59.1 Å². The Hall–Kier alpha value is -2.01. The lowest BCUT2D eigenvalue weighted by Gasteiger charge is -2.38. The lowest BCUT2D eigenvalue weighted by atomic mass is 9.88. The van der Waals surface area contributed by atoms with Gasteiger partial charge in [0.05, 0.1) is 6.61 Å². The van der Waals surface area contributed by atoms with E-state index in [-0.39, 0.29) is 18.1 Å². The van der Waals surface area contributed by atoms with Crippen LogP contribution in [0.25, 0.3) is 0 Å². The number of hydrogen-bond donors (Lipinski definition) is 0. The Balaban J connectivity index is 1.79. The van der Waals surface area contributed by atoms with Crippen LogP contribution in [0, 0.1) is 0 Å². The standard InChI is InChI=1S/C20H22BrNO3/c1-2-24-20(23)22-13-12-19(25-17-10-8-16(21)9-11-17)18(14-22)15-6-4-3-5-7-15/h3-11,18-19H,2,12-14H2,1H3. The maximum atomic E-state index is 12.1. The van der Waals surface area contributed by atoms with Crippen LogP contribution in [0.1, 0.15) is 24.8 Å². The molecule has 2 atom stereocenters. The molecule has 1 saturated heterocycles. The van der Waals surface area contributed by atoms with Gasteiger partial charge in [-0.15, -0.1) is 0 Å². The van der Waals surface area contributed by atoms with Crippen molar-refractivity contribution in [3.8, 4) is 5.75 Å². The number of piperidine rings is 1. The van der Waals surface area contributed by atoms with E-state index in [0.29, 0.717) is 19.7 Å². The van der Waals surface area contributed by atoms with E-state index in [1.165, 1.54) is 5.56 Å². The van der Waals surface area contributed by atoms with Crippen molar-refractivity contribution in [1.29, 1.82) is 0 Å². The van der Waals surface area contributed by atoms with Crippen LogP contribution >= 0.6 is 15.9 Å². The largest absolute Gasteiger partial charge is 0.490 e. The van der Waals surface area contributed by atoms with Gasteiger partial charge in [0.1, 0.15) is 11.9 Å². The van der Waals surface area contributed by atoms with Gasteiger partial charge in [-0.25, -0.2) is 4.79 Å². The predicted molar refractivity (Wildman–Crippen MR) is 101 cm³/mol. The second-order valence-corrected chi connectivity index (χ2v) is 6.98. The Morgan fingerprint density at radius 1 is 1.16 bits per heavy atom. The van der Waals surface area contributed by atoms with Gasteiger partial charge in [0.15, 0.2) is 0 Å². The molecular weight excluding hydrogens is 382 g/mol. The van der Waals surface area contributed by atoms with Crippen molar-refractivity contribution in [1.82, 2.24) is 4.90 Å². The molecule has 1 heterocycles. The summed E-state index contributed by atoms with van der Waals surface area (Å²) in [7, 11) is 0. The smallest absolute Gasteiger partial charge is 0.409 e. The summed E-state index contributed by atoms with van der Waals surface area (Å²) < 4.78 is 12.5. The topological polar surface area (TPSA) is 38.8 Å². The molecule has 2 aromatic carbocycles. The Morgan fingerprint density at radius 2 is 1.88 bits per heavy atom. The highest BCUT2D eigenvalue weighted by molar-refractivity contribution is 9.10. The van der Waals surface area contributed by atoms with Crippen molar-refractivity contribution in [2.75, 3.05) is 19.7 Å². The SMILES string of the molecule is CCOC(=O)N1CCC(Oc2ccc(Br)cc2)C(c2ccccc2)C1. The molecule has 1 fully saturated rings. The molecule has 0 aromatic heterocycles. The molecule has 0 radical (unpaired) electrons. The molecule has 132 valence electrons. The average Bonchev–Trinajstić information content (AvgIpc) is 2.65. The van der Waals surface area contributed by atoms with Crippen LogP contribution in [0.2, 0.25) is 0 Å². The Morgan fingerprint density at radius 3 is 2.56 bits per heavy atom. The van der Waals surface area contributed by atoms with Gasteiger partial charge in [-0.1, -0.05) is 46.3 Å².